The summed E-state index contributed by atoms with van der Waals surface area (Å²) >= 11 is 0. The van der Waals surface area contributed by atoms with Gasteiger partial charge in [0.05, 0.1) is 28.4 Å². The number of amides is 1. The van der Waals surface area contributed by atoms with E-state index in [1.807, 2.05) is 60.8 Å². The van der Waals surface area contributed by atoms with Crippen molar-refractivity contribution in [3.8, 4) is 23.0 Å². The van der Waals surface area contributed by atoms with Gasteiger partial charge in [0.1, 0.15) is 0 Å². The zero-order valence-corrected chi connectivity index (χ0v) is 21.1. The number of fused-ring (bicyclic) bond motifs is 1. The lowest BCUT2D eigenvalue weighted by Crippen LogP contribution is -2.27. The van der Waals surface area contributed by atoms with Crippen molar-refractivity contribution in [1.82, 2.24) is 10.3 Å². The Bertz CT molecular complexity index is 1330. The van der Waals surface area contributed by atoms with Crippen molar-refractivity contribution in [2.24, 2.45) is 0 Å². The van der Waals surface area contributed by atoms with Gasteiger partial charge in [-0.05, 0) is 41.8 Å². The van der Waals surface area contributed by atoms with Crippen molar-refractivity contribution < 1.29 is 23.7 Å². The van der Waals surface area contributed by atoms with Crippen molar-refractivity contribution in [1.29, 1.82) is 0 Å². The molecule has 4 aromatic rings. The maximum absolute atomic E-state index is 13.2. The molecule has 1 aromatic heterocycles. The minimum atomic E-state index is -0.229. The molecule has 0 fully saturated rings. The van der Waals surface area contributed by atoms with E-state index < -0.39 is 0 Å². The molecule has 0 aliphatic rings. The number of hydrogen-bond acceptors (Lipinski definition) is 5. The van der Waals surface area contributed by atoms with Crippen LogP contribution in [0, 0.1) is 0 Å². The molecule has 0 radical (unpaired) electrons. The summed E-state index contributed by atoms with van der Waals surface area (Å²) in [6.45, 7) is 0.504. The second kappa shape index (κ2) is 11.5. The van der Waals surface area contributed by atoms with Gasteiger partial charge < -0.3 is 29.2 Å². The molecule has 1 atom stereocenters. The Morgan fingerprint density at radius 1 is 0.833 bits per heavy atom. The molecule has 0 saturated heterocycles. The molecule has 0 unspecified atom stereocenters. The largest absolute Gasteiger partial charge is 0.493 e. The summed E-state index contributed by atoms with van der Waals surface area (Å²) in [5.74, 6) is 2.34. The first kappa shape index (κ1) is 25.0. The predicted molar refractivity (Wildman–Crippen MR) is 141 cm³/mol. The van der Waals surface area contributed by atoms with Crippen molar-refractivity contribution in [3.05, 3.63) is 83.6 Å². The number of benzene rings is 3. The number of aromatic amines is 1. The first-order valence-corrected chi connectivity index (χ1v) is 11.8. The van der Waals surface area contributed by atoms with E-state index in [4.69, 9.17) is 18.9 Å². The van der Waals surface area contributed by atoms with E-state index in [9.17, 15) is 4.79 Å². The van der Waals surface area contributed by atoms with Crippen molar-refractivity contribution >= 4 is 16.8 Å². The smallest absolute Gasteiger partial charge is 0.220 e. The number of hydrogen-bond donors (Lipinski definition) is 2. The normalized spacial score (nSPS) is 11.7. The van der Waals surface area contributed by atoms with Gasteiger partial charge in [0.2, 0.25) is 5.91 Å². The Morgan fingerprint density at radius 3 is 2.36 bits per heavy atom. The lowest BCUT2D eigenvalue weighted by molar-refractivity contribution is -0.121. The van der Waals surface area contributed by atoms with Crippen LogP contribution < -0.4 is 24.3 Å². The summed E-state index contributed by atoms with van der Waals surface area (Å²) in [7, 11) is 6.46. The molecule has 36 heavy (non-hydrogen) atoms. The number of rotatable bonds is 11. The lowest BCUT2D eigenvalue weighted by atomic mass is 9.87. The molecule has 0 bridgehead atoms. The molecule has 188 valence electrons. The van der Waals surface area contributed by atoms with Gasteiger partial charge >= 0.3 is 0 Å². The molecule has 7 heteroatoms. The van der Waals surface area contributed by atoms with Crippen LogP contribution in [0.15, 0.2) is 66.9 Å². The number of nitrogens with one attached hydrogen (secondary N) is 2. The lowest BCUT2D eigenvalue weighted by Gasteiger charge is -2.21. The van der Waals surface area contributed by atoms with Gasteiger partial charge in [0.15, 0.2) is 23.0 Å². The van der Waals surface area contributed by atoms with Gasteiger partial charge in [0, 0.05) is 41.5 Å². The van der Waals surface area contributed by atoms with Crippen LogP contribution in [-0.2, 0) is 11.2 Å². The van der Waals surface area contributed by atoms with Crippen LogP contribution in [0.5, 0.6) is 23.0 Å². The number of ether oxygens (including phenoxy) is 4. The van der Waals surface area contributed by atoms with Crippen LogP contribution in [0.3, 0.4) is 0 Å². The minimum Gasteiger partial charge on any atom is -0.493 e. The SMILES string of the molecule is COc1ccc(CCNC(=O)C[C@H](c2cccc(OC)c2OC)c2c[nH]c3ccccc23)cc1OC. The fourth-order valence-corrected chi connectivity index (χ4v) is 4.60. The van der Waals surface area contributed by atoms with Gasteiger partial charge in [-0.3, -0.25) is 4.79 Å². The molecule has 0 saturated carbocycles. The van der Waals surface area contributed by atoms with Crippen LogP contribution in [-0.4, -0.2) is 45.9 Å². The fraction of sp³-hybridized carbons (Fsp3) is 0.276. The molecule has 3 aromatic carbocycles. The topological polar surface area (TPSA) is 81.8 Å². The van der Waals surface area contributed by atoms with Crippen LogP contribution in [0.4, 0.5) is 0 Å². The Hall–Kier alpha value is -4.13. The first-order chi connectivity index (χ1) is 17.6. The highest BCUT2D eigenvalue weighted by molar-refractivity contribution is 5.86. The van der Waals surface area contributed by atoms with Crippen LogP contribution >= 0.6 is 0 Å². The standard InChI is InChI=1S/C29H32N2O5/c1-33-25-13-12-19(16-27(25)35-3)14-15-30-28(32)17-22(21-9-7-11-26(34-2)29(21)36-4)23-18-31-24-10-6-5-8-20(23)24/h5-13,16,18,22,31H,14-15,17H2,1-4H3,(H,30,32)/t22-/m1/s1. The maximum Gasteiger partial charge on any atom is 0.220 e. The third-order valence-corrected chi connectivity index (χ3v) is 6.38. The van der Waals surface area contributed by atoms with Gasteiger partial charge in [-0.15, -0.1) is 0 Å². The first-order valence-electron chi connectivity index (χ1n) is 11.8. The molecule has 1 heterocycles. The van der Waals surface area contributed by atoms with E-state index in [0.717, 1.165) is 27.6 Å². The quantitative estimate of drug-likeness (QED) is 0.308. The zero-order valence-electron chi connectivity index (χ0n) is 21.1. The predicted octanol–water partition coefficient (Wildman–Crippen LogP) is 5.08. The molecule has 2 N–H and O–H groups in total. The molecule has 0 aliphatic carbocycles. The molecular formula is C29H32N2O5. The average molecular weight is 489 g/mol. The zero-order chi connectivity index (χ0) is 25.5. The van der Waals surface area contributed by atoms with E-state index in [2.05, 4.69) is 16.4 Å². The van der Waals surface area contributed by atoms with Gasteiger partial charge in [-0.25, -0.2) is 0 Å². The summed E-state index contributed by atoms with van der Waals surface area (Å²) in [4.78, 5) is 16.5. The van der Waals surface area contributed by atoms with Gasteiger partial charge in [-0.2, -0.15) is 0 Å². The molecular weight excluding hydrogens is 456 g/mol. The molecule has 0 spiro atoms. The Balaban J connectivity index is 1.56. The number of aromatic nitrogens is 1. The number of carbonyl (C=O) groups is 1. The van der Waals surface area contributed by atoms with Crippen molar-refractivity contribution in [2.45, 2.75) is 18.8 Å². The van der Waals surface area contributed by atoms with E-state index in [0.29, 0.717) is 36.0 Å². The average Bonchev–Trinajstić information content (AvgIpc) is 3.35. The van der Waals surface area contributed by atoms with Crippen LogP contribution in [0.25, 0.3) is 10.9 Å². The third-order valence-electron chi connectivity index (χ3n) is 6.38. The van der Waals surface area contributed by atoms with Gasteiger partial charge in [0.25, 0.3) is 0 Å². The third kappa shape index (κ3) is 5.25. The Kier molecular flexibility index (Phi) is 8.00. The van der Waals surface area contributed by atoms with E-state index in [1.165, 1.54) is 0 Å². The maximum atomic E-state index is 13.2. The highest BCUT2D eigenvalue weighted by atomic mass is 16.5. The number of methoxy groups -OCH3 is 4. The highest BCUT2D eigenvalue weighted by Crippen LogP contribution is 2.41. The monoisotopic (exact) mass is 488 g/mol. The molecule has 1 amide bonds. The summed E-state index contributed by atoms with van der Waals surface area (Å²) in [6, 6.07) is 19.6. The number of para-hydroxylation sites is 2. The Labute approximate surface area is 211 Å². The Morgan fingerprint density at radius 2 is 1.61 bits per heavy atom. The highest BCUT2D eigenvalue weighted by Gasteiger charge is 2.26. The summed E-state index contributed by atoms with van der Waals surface area (Å²) in [6.07, 6.45) is 2.91. The van der Waals surface area contributed by atoms with E-state index in [1.54, 1.807) is 28.4 Å². The van der Waals surface area contributed by atoms with E-state index in [-0.39, 0.29) is 18.2 Å². The summed E-state index contributed by atoms with van der Waals surface area (Å²) in [5.41, 5.74) is 4.01. The second-order valence-corrected chi connectivity index (χ2v) is 8.42. The molecule has 7 nitrogen and oxygen atoms in total. The van der Waals surface area contributed by atoms with Crippen LogP contribution in [0.1, 0.15) is 29.0 Å². The number of carbonyl (C=O) groups excluding carboxylic acids is 1. The van der Waals surface area contributed by atoms with E-state index >= 15 is 0 Å². The van der Waals surface area contributed by atoms with Crippen molar-refractivity contribution in [2.75, 3.05) is 35.0 Å². The fourth-order valence-electron chi connectivity index (χ4n) is 4.60. The van der Waals surface area contributed by atoms with Crippen LogP contribution in [0.2, 0.25) is 0 Å². The minimum absolute atomic E-state index is 0.0457. The summed E-state index contributed by atoms with van der Waals surface area (Å²) < 4.78 is 22.0. The van der Waals surface area contributed by atoms with Gasteiger partial charge in [-0.1, -0.05) is 36.4 Å². The number of H-pyrrole nitrogens is 1. The summed E-state index contributed by atoms with van der Waals surface area (Å²) in [5, 5.41) is 4.15. The molecule has 0 aliphatic heterocycles. The van der Waals surface area contributed by atoms with Crippen molar-refractivity contribution in [3.63, 3.8) is 0 Å². The second-order valence-electron chi connectivity index (χ2n) is 8.42. The molecule has 4 rings (SSSR count).